The number of aryl methyl sites for hydroxylation is 1. The van der Waals surface area contributed by atoms with Crippen LogP contribution in [0.25, 0.3) is 0 Å². The molecule has 20 heavy (non-hydrogen) atoms. The second-order valence-electron chi connectivity index (χ2n) is 7.39. The van der Waals surface area contributed by atoms with Crippen LogP contribution in [0.1, 0.15) is 63.1 Å². The Labute approximate surface area is 124 Å². The van der Waals surface area contributed by atoms with E-state index in [2.05, 4.69) is 50.4 Å². The van der Waals surface area contributed by atoms with Gasteiger partial charge in [-0.05, 0) is 62.3 Å². The Hall–Kier alpha value is -0.820. The van der Waals surface area contributed by atoms with E-state index < -0.39 is 0 Å². The van der Waals surface area contributed by atoms with Gasteiger partial charge < -0.3 is 5.32 Å². The van der Waals surface area contributed by atoms with Crippen molar-refractivity contribution >= 4 is 0 Å². The van der Waals surface area contributed by atoms with Crippen molar-refractivity contribution in [3.05, 3.63) is 35.4 Å². The van der Waals surface area contributed by atoms with Crippen molar-refractivity contribution < 1.29 is 0 Å². The summed E-state index contributed by atoms with van der Waals surface area (Å²) in [5, 5.41) is 4.02. The third-order valence-electron chi connectivity index (χ3n) is 5.36. The third kappa shape index (κ3) is 3.25. The van der Waals surface area contributed by atoms with Crippen LogP contribution < -0.4 is 5.32 Å². The molecule has 2 aliphatic rings. The van der Waals surface area contributed by atoms with E-state index in [0.29, 0.717) is 6.04 Å². The Morgan fingerprint density at radius 1 is 1.00 bits per heavy atom. The number of rotatable bonds is 4. The highest BCUT2D eigenvalue weighted by Gasteiger charge is 2.35. The minimum Gasteiger partial charge on any atom is -0.307 e. The lowest BCUT2D eigenvalue weighted by Gasteiger charge is -2.36. The van der Waals surface area contributed by atoms with Gasteiger partial charge in [0.15, 0.2) is 0 Å². The predicted octanol–water partition coefficient (Wildman–Crippen LogP) is 4.86. The first-order valence-corrected chi connectivity index (χ1v) is 8.46. The molecule has 0 spiro atoms. The van der Waals surface area contributed by atoms with E-state index in [9.17, 15) is 0 Å². The fraction of sp³-hybridized carbons (Fsp3) is 0.684. The summed E-state index contributed by atoms with van der Waals surface area (Å²) in [6.07, 6.45) is 6.96. The van der Waals surface area contributed by atoms with Crippen molar-refractivity contribution in [2.45, 2.75) is 65.0 Å². The fourth-order valence-corrected chi connectivity index (χ4v) is 3.85. The summed E-state index contributed by atoms with van der Waals surface area (Å²) < 4.78 is 0. The Morgan fingerprint density at radius 2 is 1.70 bits per heavy atom. The molecule has 3 rings (SSSR count). The van der Waals surface area contributed by atoms with Crippen LogP contribution in [0, 0.1) is 24.7 Å². The summed E-state index contributed by atoms with van der Waals surface area (Å²) in [6, 6.07) is 10.5. The van der Waals surface area contributed by atoms with Crippen LogP contribution in [-0.4, -0.2) is 6.04 Å². The van der Waals surface area contributed by atoms with Crippen LogP contribution in [0.4, 0.5) is 0 Å². The molecule has 1 aromatic rings. The van der Waals surface area contributed by atoms with Crippen LogP contribution in [0.15, 0.2) is 24.3 Å². The molecular formula is C19H29N. The van der Waals surface area contributed by atoms with Crippen LogP contribution >= 0.6 is 0 Å². The summed E-state index contributed by atoms with van der Waals surface area (Å²) in [5.74, 6) is 2.62. The molecule has 0 saturated heterocycles. The summed E-state index contributed by atoms with van der Waals surface area (Å²) in [7, 11) is 0. The van der Waals surface area contributed by atoms with Crippen LogP contribution in [0.3, 0.4) is 0 Å². The highest BCUT2D eigenvalue weighted by molar-refractivity contribution is 5.25. The number of benzene rings is 1. The molecule has 1 heteroatoms. The molecule has 0 heterocycles. The van der Waals surface area contributed by atoms with Gasteiger partial charge in [0.1, 0.15) is 0 Å². The zero-order chi connectivity index (χ0) is 14.1. The monoisotopic (exact) mass is 271 g/mol. The maximum Gasteiger partial charge on any atom is 0.0351 e. The van der Waals surface area contributed by atoms with Gasteiger partial charge in [-0.25, -0.2) is 0 Å². The minimum absolute atomic E-state index is 0.594. The largest absolute Gasteiger partial charge is 0.307 e. The third-order valence-corrected chi connectivity index (χ3v) is 5.36. The highest BCUT2D eigenvalue weighted by Crippen LogP contribution is 2.42. The van der Waals surface area contributed by atoms with E-state index in [1.165, 1.54) is 43.2 Å². The molecule has 110 valence electrons. The van der Waals surface area contributed by atoms with Gasteiger partial charge in [0.05, 0.1) is 0 Å². The maximum atomic E-state index is 4.02. The van der Waals surface area contributed by atoms with Gasteiger partial charge in [-0.3, -0.25) is 0 Å². The molecule has 0 radical (unpaired) electrons. The molecule has 0 amide bonds. The smallest absolute Gasteiger partial charge is 0.0351 e. The minimum atomic E-state index is 0.594. The molecule has 0 aromatic heterocycles. The summed E-state index contributed by atoms with van der Waals surface area (Å²) in [5.41, 5.74) is 2.87. The second-order valence-corrected chi connectivity index (χ2v) is 7.39. The molecule has 1 N–H and O–H groups in total. The lowest BCUT2D eigenvalue weighted by molar-refractivity contribution is 0.208. The first kappa shape index (κ1) is 14.1. The van der Waals surface area contributed by atoms with Gasteiger partial charge in [-0.15, -0.1) is 0 Å². The maximum absolute atomic E-state index is 4.02. The van der Waals surface area contributed by atoms with Crippen molar-refractivity contribution in [3.63, 3.8) is 0 Å². The Morgan fingerprint density at radius 3 is 2.30 bits per heavy atom. The molecule has 0 bridgehead atoms. The number of hydrogen-bond donors (Lipinski definition) is 1. The molecule has 1 aromatic carbocycles. The highest BCUT2D eigenvalue weighted by atomic mass is 15.0. The molecule has 2 fully saturated rings. The van der Waals surface area contributed by atoms with Crippen molar-refractivity contribution in [3.8, 4) is 0 Å². The van der Waals surface area contributed by atoms with Gasteiger partial charge in [0.2, 0.25) is 0 Å². The van der Waals surface area contributed by atoms with E-state index >= 15 is 0 Å². The van der Waals surface area contributed by atoms with Gasteiger partial charge in [0.25, 0.3) is 0 Å². The Bertz CT molecular complexity index is 432. The SMILES string of the molecule is Cc1ccc(C(NC2CCC(C)CC2C)C2CC2)cc1. The topological polar surface area (TPSA) is 12.0 Å². The van der Waals surface area contributed by atoms with Gasteiger partial charge in [-0.1, -0.05) is 43.7 Å². The molecular weight excluding hydrogens is 242 g/mol. The normalized spacial score (nSPS) is 32.0. The lowest BCUT2D eigenvalue weighted by atomic mass is 9.79. The first-order chi connectivity index (χ1) is 9.63. The lowest BCUT2D eigenvalue weighted by Crippen LogP contribution is -2.41. The molecule has 1 nitrogen and oxygen atoms in total. The quantitative estimate of drug-likeness (QED) is 0.824. The van der Waals surface area contributed by atoms with Crippen LogP contribution in [0.5, 0.6) is 0 Å². The molecule has 2 saturated carbocycles. The number of hydrogen-bond acceptors (Lipinski definition) is 1. The standard InChI is InChI=1S/C19H29N/c1-13-4-7-16(8-5-13)19(17-9-10-17)20-18-11-6-14(2)12-15(18)3/h4-5,7-8,14-15,17-20H,6,9-12H2,1-3H3. The van der Waals surface area contributed by atoms with Gasteiger partial charge in [-0.2, -0.15) is 0 Å². The Kier molecular flexibility index (Phi) is 4.16. The average Bonchev–Trinajstić information content (AvgIpc) is 3.24. The van der Waals surface area contributed by atoms with E-state index in [0.717, 1.165) is 23.8 Å². The van der Waals surface area contributed by atoms with E-state index in [4.69, 9.17) is 0 Å². The van der Waals surface area contributed by atoms with Crippen LogP contribution in [0.2, 0.25) is 0 Å². The number of nitrogens with one attached hydrogen (secondary N) is 1. The van der Waals surface area contributed by atoms with Crippen molar-refractivity contribution in [1.29, 1.82) is 0 Å². The molecule has 4 unspecified atom stereocenters. The van der Waals surface area contributed by atoms with Gasteiger partial charge >= 0.3 is 0 Å². The van der Waals surface area contributed by atoms with E-state index in [-0.39, 0.29) is 0 Å². The summed E-state index contributed by atoms with van der Waals surface area (Å²) in [6.45, 7) is 7.02. The predicted molar refractivity (Wildman–Crippen MR) is 85.7 cm³/mol. The van der Waals surface area contributed by atoms with Crippen LogP contribution in [-0.2, 0) is 0 Å². The van der Waals surface area contributed by atoms with Crippen molar-refractivity contribution in [2.75, 3.05) is 0 Å². The first-order valence-electron chi connectivity index (χ1n) is 8.46. The summed E-state index contributed by atoms with van der Waals surface area (Å²) >= 11 is 0. The second kappa shape index (κ2) is 5.89. The molecule has 4 atom stereocenters. The van der Waals surface area contributed by atoms with E-state index in [1.54, 1.807) is 0 Å². The summed E-state index contributed by atoms with van der Waals surface area (Å²) in [4.78, 5) is 0. The zero-order valence-electron chi connectivity index (χ0n) is 13.2. The van der Waals surface area contributed by atoms with Crippen molar-refractivity contribution in [2.24, 2.45) is 17.8 Å². The average molecular weight is 271 g/mol. The van der Waals surface area contributed by atoms with Crippen molar-refractivity contribution in [1.82, 2.24) is 5.32 Å². The molecule has 2 aliphatic carbocycles. The van der Waals surface area contributed by atoms with Gasteiger partial charge in [0, 0.05) is 12.1 Å². The molecule has 0 aliphatic heterocycles. The fourth-order valence-electron chi connectivity index (χ4n) is 3.85. The van der Waals surface area contributed by atoms with E-state index in [1.807, 2.05) is 0 Å². The zero-order valence-corrected chi connectivity index (χ0v) is 13.2. The Balaban J connectivity index is 1.70.